The minimum Gasteiger partial charge on any atom is -0.462 e. The standard InChI is InChI=1S/C38H69O10P/c1-3-5-7-9-11-13-15-16-17-18-20-21-23-25-27-29-37(41)45-33-36(34-47-49(43,44)46-32-35(40)31-39)48-38(42)30-28-26-24-22-19-14-12-10-8-6-4-2/h5,7,11,13,16-17,35-36,39-40H,3-4,6,8-10,12,14-15,18-34H2,1-2H3,(H,43,44)/b7-5+,13-11+,17-16+/t35-,36+/m0/s1. The molecule has 0 saturated heterocycles. The number of hydrogen-bond donors (Lipinski definition) is 3. The molecule has 3 N–H and O–H groups in total. The number of phosphoric ester groups is 1. The molecule has 0 fully saturated rings. The maximum Gasteiger partial charge on any atom is 0.472 e. The molecule has 0 aromatic rings. The summed E-state index contributed by atoms with van der Waals surface area (Å²) >= 11 is 0. The number of hydrogen-bond acceptors (Lipinski definition) is 9. The number of allylic oxidation sites excluding steroid dienone is 6. The topological polar surface area (TPSA) is 149 Å². The molecular weight excluding hydrogens is 647 g/mol. The zero-order chi connectivity index (χ0) is 36.3. The molecular formula is C38H69O10P. The van der Waals surface area contributed by atoms with Crippen LogP contribution in [0.1, 0.15) is 155 Å². The van der Waals surface area contributed by atoms with Gasteiger partial charge in [-0.1, -0.05) is 134 Å². The summed E-state index contributed by atoms with van der Waals surface area (Å²) in [6.45, 7) is 2.22. The van der Waals surface area contributed by atoms with Crippen molar-refractivity contribution < 1.29 is 47.8 Å². The first kappa shape index (κ1) is 47.2. The zero-order valence-electron chi connectivity index (χ0n) is 30.7. The van der Waals surface area contributed by atoms with Gasteiger partial charge in [0.05, 0.1) is 19.8 Å². The van der Waals surface area contributed by atoms with Gasteiger partial charge in [0, 0.05) is 12.8 Å². The largest absolute Gasteiger partial charge is 0.472 e. The van der Waals surface area contributed by atoms with Gasteiger partial charge in [-0.2, -0.15) is 0 Å². The number of carbonyl (C=O) groups is 2. The van der Waals surface area contributed by atoms with E-state index in [1.54, 1.807) is 0 Å². The SMILES string of the molecule is CC/C=C/C/C=C/C/C=C/CCCCCCCC(=O)OC[C@H](COP(=O)(O)OC[C@@H](O)CO)OC(=O)CCCCCCCCCCCCC. The van der Waals surface area contributed by atoms with Crippen LogP contribution in [0.4, 0.5) is 0 Å². The fraction of sp³-hybridized carbons (Fsp3) is 0.789. The molecule has 49 heavy (non-hydrogen) atoms. The van der Waals surface area contributed by atoms with Crippen molar-refractivity contribution in [2.45, 2.75) is 167 Å². The van der Waals surface area contributed by atoms with Gasteiger partial charge >= 0.3 is 19.8 Å². The number of unbranched alkanes of at least 4 members (excludes halogenated alkanes) is 15. The highest BCUT2D eigenvalue weighted by Gasteiger charge is 2.27. The van der Waals surface area contributed by atoms with E-state index in [9.17, 15) is 24.2 Å². The molecule has 0 aromatic carbocycles. The number of ether oxygens (including phenoxy) is 2. The van der Waals surface area contributed by atoms with E-state index in [1.165, 1.54) is 44.9 Å². The summed E-state index contributed by atoms with van der Waals surface area (Å²) in [6, 6.07) is 0. The summed E-state index contributed by atoms with van der Waals surface area (Å²) in [5.74, 6) is -0.946. The van der Waals surface area contributed by atoms with Crippen LogP contribution in [0.15, 0.2) is 36.5 Å². The van der Waals surface area contributed by atoms with E-state index >= 15 is 0 Å². The fourth-order valence-electron chi connectivity index (χ4n) is 4.89. The third-order valence-corrected chi connectivity index (χ3v) is 8.76. The number of carbonyl (C=O) groups excluding carboxylic acids is 2. The van der Waals surface area contributed by atoms with Gasteiger partial charge in [-0.05, 0) is 44.9 Å². The van der Waals surface area contributed by atoms with Crippen LogP contribution >= 0.6 is 7.82 Å². The van der Waals surface area contributed by atoms with Crippen LogP contribution in [0.5, 0.6) is 0 Å². The van der Waals surface area contributed by atoms with Crippen molar-refractivity contribution >= 4 is 19.8 Å². The van der Waals surface area contributed by atoms with Crippen molar-refractivity contribution in [2.75, 3.05) is 26.4 Å². The lowest BCUT2D eigenvalue weighted by atomic mass is 10.1. The van der Waals surface area contributed by atoms with Crippen molar-refractivity contribution in [3.8, 4) is 0 Å². The predicted molar refractivity (Wildman–Crippen MR) is 196 cm³/mol. The molecule has 0 spiro atoms. The van der Waals surface area contributed by atoms with Gasteiger partial charge in [-0.25, -0.2) is 4.57 Å². The lowest BCUT2D eigenvalue weighted by molar-refractivity contribution is -0.161. The number of esters is 2. The Morgan fingerprint density at radius 3 is 1.69 bits per heavy atom. The van der Waals surface area contributed by atoms with E-state index in [0.717, 1.165) is 70.6 Å². The summed E-state index contributed by atoms with van der Waals surface area (Å²) in [7, 11) is -4.61. The molecule has 11 heteroatoms. The van der Waals surface area contributed by atoms with E-state index in [-0.39, 0.29) is 19.4 Å². The molecule has 286 valence electrons. The molecule has 0 aliphatic carbocycles. The van der Waals surface area contributed by atoms with Crippen LogP contribution in [-0.2, 0) is 32.7 Å². The molecule has 10 nitrogen and oxygen atoms in total. The van der Waals surface area contributed by atoms with E-state index in [2.05, 4.69) is 54.8 Å². The number of phosphoric acid groups is 1. The van der Waals surface area contributed by atoms with Gasteiger partial charge in [0.1, 0.15) is 12.7 Å². The van der Waals surface area contributed by atoms with Crippen LogP contribution in [0.2, 0.25) is 0 Å². The zero-order valence-corrected chi connectivity index (χ0v) is 31.5. The van der Waals surface area contributed by atoms with Crippen LogP contribution in [0.3, 0.4) is 0 Å². The minimum absolute atomic E-state index is 0.182. The molecule has 0 rings (SSSR count). The molecule has 0 heterocycles. The van der Waals surface area contributed by atoms with Gasteiger partial charge in [-0.3, -0.25) is 18.6 Å². The van der Waals surface area contributed by atoms with Crippen LogP contribution in [-0.4, -0.2) is 65.7 Å². The Kier molecular flexibility index (Phi) is 33.4. The molecule has 0 saturated carbocycles. The Labute approximate surface area is 297 Å². The molecule has 1 unspecified atom stereocenters. The number of aliphatic hydroxyl groups is 2. The Bertz CT molecular complexity index is 920. The third-order valence-electron chi connectivity index (χ3n) is 7.81. The second-order valence-electron chi connectivity index (χ2n) is 12.6. The highest BCUT2D eigenvalue weighted by molar-refractivity contribution is 7.47. The maximum atomic E-state index is 12.5. The Morgan fingerprint density at radius 2 is 1.12 bits per heavy atom. The van der Waals surface area contributed by atoms with Gasteiger partial charge in [0.2, 0.25) is 0 Å². The normalized spacial score (nSPS) is 14.5. The first-order valence-electron chi connectivity index (χ1n) is 18.9. The summed E-state index contributed by atoms with van der Waals surface area (Å²) in [5.41, 5.74) is 0. The van der Waals surface area contributed by atoms with Crippen molar-refractivity contribution in [1.82, 2.24) is 0 Å². The van der Waals surface area contributed by atoms with Crippen molar-refractivity contribution in [2.24, 2.45) is 0 Å². The molecule has 0 radical (unpaired) electrons. The van der Waals surface area contributed by atoms with Crippen molar-refractivity contribution in [1.29, 1.82) is 0 Å². The van der Waals surface area contributed by atoms with E-state index in [1.807, 2.05) is 0 Å². The van der Waals surface area contributed by atoms with E-state index in [4.69, 9.17) is 19.1 Å². The Balaban J connectivity index is 4.38. The van der Waals surface area contributed by atoms with Crippen LogP contribution in [0, 0.1) is 0 Å². The van der Waals surface area contributed by atoms with Crippen LogP contribution in [0.25, 0.3) is 0 Å². The molecule has 0 amide bonds. The minimum atomic E-state index is -4.61. The fourth-order valence-corrected chi connectivity index (χ4v) is 5.68. The van der Waals surface area contributed by atoms with E-state index in [0.29, 0.717) is 12.8 Å². The monoisotopic (exact) mass is 716 g/mol. The second kappa shape index (κ2) is 34.6. The smallest absolute Gasteiger partial charge is 0.462 e. The molecule has 0 bridgehead atoms. The highest BCUT2D eigenvalue weighted by atomic mass is 31.2. The second-order valence-corrected chi connectivity index (χ2v) is 14.0. The van der Waals surface area contributed by atoms with Crippen LogP contribution < -0.4 is 0 Å². The predicted octanol–water partition coefficient (Wildman–Crippen LogP) is 9.22. The summed E-state index contributed by atoms with van der Waals surface area (Å²) in [4.78, 5) is 34.8. The van der Waals surface area contributed by atoms with Crippen molar-refractivity contribution in [3.63, 3.8) is 0 Å². The van der Waals surface area contributed by atoms with Gasteiger partial charge in [0.25, 0.3) is 0 Å². The third kappa shape index (κ3) is 34.4. The van der Waals surface area contributed by atoms with Gasteiger partial charge in [0.15, 0.2) is 6.10 Å². The Hall–Kier alpha value is -1.81. The maximum absolute atomic E-state index is 12.5. The molecule has 0 aliphatic rings. The number of aliphatic hydroxyl groups excluding tert-OH is 2. The molecule has 3 atom stereocenters. The number of rotatable bonds is 35. The average molecular weight is 717 g/mol. The van der Waals surface area contributed by atoms with Crippen molar-refractivity contribution in [3.05, 3.63) is 36.5 Å². The summed E-state index contributed by atoms with van der Waals surface area (Å²) in [5, 5.41) is 18.3. The first-order valence-corrected chi connectivity index (χ1v) is 20.4. The first-order chi connectivity index (χ1) is 23.7. The molecule has 0 aliphatic heterocycles. The average Bonchev–Trinajstić information content (AvgIpc) is 3.09. The summed E-state index contributed by atoms with van der Waals surface area (Å²) in [6.07, 6.45) is 32.6. The summed E-state index contributed by atoms with van der Waals surface area (Å²) < 4.78 is 32.5. The quantitative estimate of drug-likeness (QED) is 0.0251. The Morgan fingerprint density at radius 1 is 0.633 bits per heavy atom. The lowest BCUT2D eigenvalue weighted by Gasteiger charge is -2.20. The molecule has 0 aromatic heterocycles. The van der Waals surface area contributed by atoms with E-state index < -0.39 is 51.8 Å². The lowest BCUT2D eigenvalue weighted by Crippen LogP contribution is -2.29. The van der Waals surface area contributed by atoms with Gasteiger partial charge < -0.3 is 24.6 Å². The van der Waals surface area contributed by atoms with Gasteiger partial charge in [-0.15, -0.1) is 0 Å². The highest BCUT2D eigenvalue weighted by Crippen LogP contribution is 2.43.